The van der Waals surface area contributed by atoms with Gasteiger partial charge in [-0.3, -0.25) is 0 Å². The van der Waals surface area contributed by atoms with Gasteiger partial charge in [-0.05, 0) is 59.9 Å². The Balaban J connectivity index is 1.88. The van der Waals surface area contributed by atoms with Crippen LogP contribution < -0.4 is 4.74 Å². The average Bonchev–Trinajstić information content (AvgIpc) is 2.60. The molecule has 0 aromatic heterocycles. The zero-order chi connectivity index (χ0) is 16.7. The molecule has 1 nitrogen and oxygen atoms in total. The predicted molar refractivity (Wildman–Crippen MR) is 99.2 cm³/mol. The van der Waals surface area contributed by atoms with E-state index in [1.807, 2.05) is 18.2 Å². The summed E-state index contributed by atoms with van der Waals surface area (Å²) in [5.41, 5.74) is 4.19. The van der Waals surface area contributed by atoms with E-state index in [0.29, 0.717) is 11.8 Å². The van der Waals surface area contributed by atoms with E-state index in [0.717, 1.165) is 25.0 Å². The summed E-state index contributed by atoms with van der Waals surface area (Å²) in [7, 11) is 1.71. The van der Waals surface area contributed by atoms with Gasteiger partial charge in [0, 0.05) is 0 Å². The molecular weight excluding hydrogens is 280 g/mol. The van der Waals surface area contributed by atoms with Crippen molar-refractivity contribution < 1.29 is 4.74 Å². The first-order valence-corrected chi connectivity index (χ1v) is 8.46. The van der Waals surface area contributed by atoms with Crippen LogP contribution in [0.15, 0.2) is 61.2 Å². The molecule has 0 fully saturated rings. The maximum Gasteiger partial charge on any atom is 0.118 e. The van der Waals surface area contributed by atoms with Crippen LogP contribution in [0.5, 0.6) is 5.75 Å². The van der Waals surface area contributed by atoms with Crippen molar-refractivity contribution in [2.45, 2.75) is 39.0 Å². The molecule has 2 rings (SSSR count). The predicted octanol–water partition coefficient (Wildman–Crippen LogP) is 5.80. The van der Waals surface area contributed by atoms with Crippen LogP contribution in [0.3, 0.4) is 0 Å². The molecule has 0 saturated heterocycles. The number of allylic oxidation sites excluding steroid dienone is 1. The van der Waals surface area contributed by atoms with E-state index in [9.17, 15) is 0 Å². The lowest BCUT2D eigenvalue weighted by molar-refractivity contribution is 0.414. The van der Waals surface area contributed by atoms with Crippen molar-refractivity contribution in [1.29, 1.82) is 0 Å². The first-order valence-electron chi connectivity index (χ1n) is 8.46. The van der Waals surface area contributed by atoms with Crippen LogP contribution in [-0.2, 0) is 12.8 Å². The summed E-state index contributed by atoms with van der Waals surface area (Å²) in [5.74, 6) is 2.02. The summed E-state index contributed by atoms with van der Waals surface area (Å²) >= 11 is 0. The Morgan fingerprint density at radius 2 is 1.57 bits per heavy atom. The highest BCUT2D eigenvalue weighted by atomic mass is 16.5. The lowest BCUT2D eigenvalue weighted by Gasteiger charge is -2.13. The minimum atomic E-state index is 0.538. The van der Waals surface area contributed by atoms with Gasteiger partial charge in [-0.2, -0.15) is 0 Å². The topological polar surface area (TPSA) is 9.23 Å². The van der Waals surface area contributed by atoms with Crippen molar-refractivity contribution in [3.63, 3.8) is 0 Å². The molecule has 0 bridgehead atoms. The Morgan fingerprint density at radius 1 is 0.957 bits per heavy atom. The lowest BCUT2D eigenvalue weighted by Crippen LogP contribution is -1.98. The van der Waals surface area contributed by atoms with Crippen LogP contribution in [0.1, 0.15) is 42.9 Å². The summed E-state index contributed by atoms with van der Waals surface area (Å²) < 4.78 is 5.22. The highest BCUT2D eigenvalue weighted by molar-refractivity contribution is 5.29. The van der Waals surface area contributed by atoms with Crippen molar-refractivity contribution in [2.24, 2.45) is 5.92 Å². The fourth-order valence-electron chi connectivity index (χ4n) is 2.78. The SMILES string of the molecule is C=CC(C)Cc1ccc(CCC(C)c2ccc(OC)cc2)cc1. The van der Waals surface area contributed by atoms with Gasteiger partial charge in [0.15, 0.2) is 0 Å². The van der Waals surface area contributed by atoms with Crippen LogP contribution >= 0.6 is 0 Å². The quantitative estimate of drug-likeness (QED) is 0.560. The summed E-state index contributed by atoms with van der Waals surface area (Å²) in [4.78, 5) is 0. The smallest absolute Gasteiger partial charge is 0.118 e. The zero-order valence-corrected chi connectivity index (χ0v) is 14.6. The second kappa shape index (κ2) is 8.57. The minimum Gasteiger partial charge on any atom is -0.497 e. The van der Waals surface area contributed by atoms with E-state index in [2.05, 4.69) is 56.8 Å². The van der Waals surface area contributed by atoms with Crippen molar-refractivity contribution >= 4 is 0 Å². The fourth-order valence-corrected chi connectivity index (χ4v) is 2.78. The Morgan fingerprint density at radius 3 is 2.13 bits per heavy atom. The third kappa shape index (κ3) is 5.28. The third-order valence-corrected chi connectivity index (χ3v) is 4.53. The van der Waals surface area contributed by atoms with E-state index in [-0.39, 0.29) is 0 Å². The molecule has 1 heteroatoms. The van der Waals surface area contributed by atoms with Crippen LogP contribution in [0.2, 0.25) is 0 Å². The minimum absolute atomic E-state index is 0.538. The molecule has 2 atom stereocenters. The van der Waals surface area contributed by atoms with E-state index in [1.165, 1.54) is 16.7 Å². The zero-order valence-electron chi connectivity index (χ0n) is 14.6. The maximum absolute atomic E-state index is 5.22. The van der Waals surface area contributed by atoms with E-state index in [4.69, 9.17) is 4.74 Å². The Labute approximate surface area is 141 Å². The fraction of sp³-hybridized carbons (Fsp3) is 0.364. The molecule has 0 spiro atoms. The molecule has 0 amide bonds. The number of methoxy groups -OCH3 is 1. The molecule has 2 aromatic carbocycles. The van der Waals surface area contributed by atoms with Crippen LogP contribution in [0, 0.1) is 5.92 Å². The van der Waals surface area contributed by atoms with Gasteiger partial charge in [0.05, 0.1) is 7.11 Å². The van der Waals surface area contributed by atoms with E-state index < -0.39 is 0 Å². The number of hydrogen-bond donors (Lipinski definition) is 0. The molecule has 0 heterocycles. The molecule has 0 aliphatic rings. The Bertz CT molecular complexity index is 595. The molecule has 2 unspecified atom stereocenters. The van der Waals surface area contributed by atoms with Crippen molar-refractivity contribution in [2.75, 3.05) is 7.11 Å². The largest absolute Gasteiger partial charge is 0.497 e. The maximum atomic E-state index is 5.22. The molecule has 0 N–H and O–H groups in total. The Kier molecular flexibility index (Phi) is 6.46. The van der Waals surface area contributed by atoms with E-state index in [1.54, 1.807) is 7.11 Å². The third-order valence-electron chi connectivity index (χ3n) is 4.53. The number of rotatable bonds is 8. The van der Waals surface area contributed by atoms with Crippen molar-refractivity contribution in [3.8, 4) is 5.75 Å². The summed E-state index contributed by atoms with van der Waals surface area (Å²) in [6.07, 6.45) is 5.37. The van der Waals surface area contributed by atoms with Gasteiger partial charge in [0.25, 0.3) is 0 Å². The van der Waals surface area contributed by atoms with Crippen LogP contribution in [0.4, 0.5) is 0 Å². The summed E-state index contributed by atoms with van der Waals surface area (Å²) in [5, 5.41) is 0. The molecule has 0 saturated carbocycles. The lowest BCUT2D eigenvalue weighted by atomic mass is 9.93. The van der Waals surface area contributed by atoms with Crippen LogP contribution in [-0.4, -0.2) is 7.11 Å². The molecule has 0 aliphatic heterocycles. The monoisotopic (exact) mass is 308 g/mol. The second-order valence-corrected chi connectivity index (χ2v) is 6.45. The molecule has 2 aromatic rings. The van der Waals surface area contributed by atoms with Gasteiger partial charge in [-0.1, -0.05) is 56.3 Å². The first-order chi connectivity index (χ1) is 11.1. The number of benzene rings is 2. The van der Waals surface area contributed by atoms with Gasteiger partial charge in [-0.15, -0.1) is 6.58 Å². The summed E-state index contributed by atoms with van der Waals surface area (Å²) in [6.45, 7) is 8.35. The number of aryl methyl sites for hydroxylation is 1. The van der Waals surface area contributed by atoms with Crippen molar-refractivity contribution in [3.05, 3.63) is 77.9 Å². The number of ether oxygens (including phenoxy) is 1. The molecule has 0 radical (unpaired) electrons. The normalized spacial score (nSPS) is 13.3. The van der Waals surface area contributed by atoms with Crippen molar-refractivity contribution in [1.82, 2.24) is 0 Å². The molecule has 0 aliphatic carbocycles. The van der Waals surface area contributed by atoms with Gasteiger partial charge in [0.1, 0.15) is 5.75 Å². The average molecular weight is 308 g/mol. The Hall–Kier alpha value is -2.02. The summed E-state index contributed by atoms with van der Waals surface area (Å²) in [6, 6.07) is 17.5. The van der Waals surface area contributed by atoms with Crippen LogP contribution in [0.25, 0.3) is 0 Å². The number of hydrogen-bond acceptors (Lipinski definition) is 1. The molecular formula is C22H28O. The molecule has 122 valence electrons. The highest BCUT2D eigenvalue weighted by Gasteiger charge is 2.07. The standard InChI is InChI=1S/C22H28O/c1-5-17(2)16-20-10-8-19(9-11-20)7-6-18(3)21-12-14-22(23-4)15-13-21/h5,8-15,17-18H,1,6-7,16H2,2-4H3. The van der Waals surface area contributed by atoms with Gasteiger partial charge in [-0.25, -0.2) is 0 Å². The van der Waals surface area contributed by atoms with Gasteiger partial charge >= 0.3 is 0 Å². The molecule has 23 heavy (non-hydrogen) atoms. The highest BCUT2D eigenvalue weighted by Crippen LogP contribution is 2.23. The van der Waals surface area contributed by atoms with E-state index >= 15 is 0 Å². The van der Waals surface area contributed by atoms with Gasteiger partial charge < -0.3 is 4.74 Å². The first kappa shape index (κ1) is 17.3. The van der Waals surface area contributed by atoms with Gasteiger partial charge in [0.2, 0.25) is 0 Å². The second-order valence-electron chi connectivity index (χ2n) is 6.45.